The average molecular weight is 440 g/mol. The summed E-state index contributed by atoms with van der Waals surface area (Å²) in [5.41, 5.74) is 3.98. The molecule has 0 heterocycles. The van der Waals surface area contributed by atoms with E-state index in [0.29, 0.717) is 17.6 Å². The summed E-state index contributed by atoms with van der Waals surface area (Å²) in [6, 6.07) is 5.82. The number of amides is 2. The molecule has 174 valence electrons. The number of terminal acetylenes is 1. The van der Waals surface area contributed by atoms with Crippen LogP contribution in [0.25, 0.3) is 0 Å². The monoisotopic (exact) mass is 440 g/mol. The van der Waals surface area contributed by atoms with Gasteiger partial charge in [-0.15, -0.1) is 6.42 Å². The highest BCUT2D eigenvalue weighted by molar-refractivity contribution is 6.58. The molecule has 0 fully saturated rings. The number of carbonyl (C=O) groups is 2. The van der Waals surface area contributed by atoms with Gasteiger partial charge < -0.3 is 10.0 Å². The second-order valence-electron chi connectivity index (χ2n) is 8.64. The Hall–Kier alpha value is -2.82. The van der Waals surface area contributed by atoms with Crippen LogP contribution in [0.15, 0.2) is 47.6 Å². The highest BCUT2D eigenvalue weighted by Crippen LogP contribution is 2.17. The van der Waals surface area contributed by atoms with Gasteiger partial charge in [-0.05, 0) is 48.0 Å². The van der Waals surface area contributed by atoms with Gasteiger partial charge in [0.05, 0.1) is 0 Å². The van der Waals surface area contributed by atoms with Crippen molar-refractivity contribution < 1.29 is 19.6 Å². The molecule has 0 aliphatic heterocycles. The summed E-state index contributed by atoms with van der Waals surface area (Å²) in [7, 11) is -1.61. The molecule has 0 saturated heterocycles. The molecule has 1 aromatic carbocycles. The highest BCUT2D eigenvalue weighted by atomic mass is 16.4. The quantitative estimate of drug-likeness (QED) is 0.208. The molecule has 0 aliphatic carbocycles. The maximum absolute atomic E-state index is 13.1. The number of hydrogen-bond acceptors (Lipinski definition) is 4. The zero-order valence-corrected chi connectivity index (χ0v) is 20.4. The summed E-state index contributed by atoms with van der Waals surface area (Å²) >= 11 is 0. The predicted octanol–water partition coefficient (Wildman–Crippen LogP) is 3.22. The van der Waals surface area contributed by atoms with E-state index in [-0.39, 0.29) is 28.9 Å². The minimum absolute atomic E-state index is 0.268. The third-order valence-electron chi connectivity index (χ3n) is 3.86. The largest absolute Gasteiger partial charge is 0.488 e. The summed E-state index contributed by atoms with van der Waals surface area (Å²) in [5.74, 6) is 1.67. The van der Waals surface area contributed by atoms with Crippen LogP contribution in [0.5, 0.6) is 0 Å². The van der Waals surface area contributed by atoms with Crippen molar-refractivity contribution in [2.24, 2.45) is 5.41 Å². The Bertz CT molecular complexity index is 844. The summed E-state index contributed by atoms with van der Waals surface area (Å²) in [6.07, 6.45) is 10.7. The first-order chi connectivity index (χ1) is 14.9. The fourth-order valence-corrected chi connectivity index (χ4v) is 2.49. The van der Waals surface area contributed by atoms with Gasteiger partial charge in [-0.1, -0.05) is 72.1 Å². The fraction of sp³-hybridized carbons (Fsp3) is 0.440. The molecule has 0 bridgehead atoms. The lowest BCUT2D eigenvalue weighted by Gasteiger charge is -2.30. The molecule has 0 aliphatic rings. The third-order valence-corrected chi connectivity index (χ3v) is 3.86. The summed E-state index contributed by atoms with van der Waals surface area (Å²) in [4.78, 5) is 25.8. The maximum atomic E-state index is 13.1. The van der Waals surface area contributed by atoms with Crippen LogP contribution in [0.3, 0.4) is 0 Å². The molecule has 32 heavy (non-hydrogen) atoms. The van der Waals surface area contributed by atoms with Crippen LogP contribution in [0.4, 0.5) is 0 Å². The van der Waals surface area contributed by atoms with Gasteiger partial charge in [0.2, 0.25) is 0 Å². The van der Waals surface area contributed by atoms with Gasteiger partial charge >= 0.3 is 7.12 Å². The number of hydrogen-bond donors (Lipinski definition) is 3. The molecular weight excluding hydrogens is 403 g/mol. The van der Waals surface area contributed by atoms with Crippen molar-refractivity contribution in [2.45, 2.75) is 61.3 Å². The first-order valence-electron chi connectivity index (χ1n) is 10.8. The number of hydrazine groups is 1. The number of benzene rings is 1. The molecule has 6 nitrogen and oxygen atoms in total. The summed E-state index contributed by atoms with van der Waals surface area (Å²) in [6.45, 7) is 14.1. The van der Waals surface area contributed by atoms with Crippen LogP contribution < -0.4 is 10.9 Å². The smallest absolute Gasteiger partial charge is 0.423 e. The highest BCUT2D eigenvalue weighted by Gasteiger charge is 2.25. The van der Waals surface area contributed by atoms with E-state index in [1.165, 1.54) is 35.7 Å². The van der Waals surface area contributed by atoms with Crippen molar-refractivity contribution in [1.29, 1.82) is 0 Å². The second kappa shape index (κ2) is 14.3. The van der Waals surface area contributed by atoms with Crippen LogP contribution in [0, 0.1) is 17.8 Å². The van der Waals surface area contributed by atoms with E-state index >= 15 is 0 Å². The molecule has 1 rings (SSSR count). The molecule has 0 spiro atoms. The average Bonchev–Trinajstić information content (AvgIpc) is 2.71. The number of rotatable bonds is 6. The normalized spacial score (nSPS) is 11.6. The standard InChI is InChI=1S/C22H29BN2O4.C3H8/c1-7-9-18(14-16(3)8-2)21(27)25(15-22(4,5)6)24-20(26)17-10-12-19(13-11-17)23(28)29;1-3-2/h2,9-14,28-29H,7,15H2,1,3-6H3,(H,24,26);3H2,1-2H3/b16-14-,18-9+;. The molecule has 0 aromatic heterocycles. The van der Waals surface area contributed by atoms with E-state index in [0.717, 1.165) is 0 Å². The molecule has 7 heteroatoms. The van der Waals surface area contributed by atoms with Crippen LogP contribution in [-0.2, 0) is 4.79 Å². The first kappa shape index (κ1) is 29.2. The van der Waals surface area contributed by atoms with E-state index in [1.54, 1.807) is 19.1 Å². The van der Waals surface area contributed by atoms with Gasteiger partial charge in [-0.25, -0.2) is 5.01 Å². The topological polar surface area (TPSA) is 89.9 Å². The summed E-state index contributed by atoms with van der Waals surface area (Å²) < 4.78 is 0. The molecule has 2 amide bonds. The Balaban J connectivity index is 0.00000302. The molecular formula is C25H37BN2O4. The Kier molecular flexibility index (Phi) is 13.0. The SMILES string of the molecule is C#C/C(C)=C\C(=C/CC)C(=O)N(CC(C)(C)C)NC(=O)c1ccc(B(O)O)cc1.CCC. The Morgan fingerprint density at radius 1 is 1.16 bits per heavy atom. The molecule has 0 radical (unpaired) electrons. The Labute approximate surface area is 193 Å². The molecule has 1 aromatic rings. The van der Waals surface area contributed by atoms with Gasteiger partial charge in [0, 0.05) is 17.7 Å². The molecule has 0 unspecified atom stereocenters. The Morgan fingerprint density at radius 2 is 1.69 bits per heavy atom. The van der Waals surface area contributed by atoms with Crippen molar-refractivity contribution in [3.05, 3.63) is 53.1 Å². The van der Waals surface area contributed by atoms with Crippen molar-refractivity contribution in [2.75, 3.05) is 6.54 Å². The van der Waals surface area contributed by atoms with Gasteiger partial charge in [-0.2, -0.15) is 0 Å². The zero-order chi connectivity index (χ0) is 24.9. The maximum Gasteiger partial charge on any atom is 0.488 e. The van der Waals surface area contributed by atoms with Gasteiger partial charge in [0.25, 0.3) is 11.8 Å². The molecule has 0 saturated carbocycles. The lowest BCUT2D eigenvalue weighted by Crippen LogP contribution is -2.50. The van der Waals surface area contributed by atoms with E-state index in [9.17, 15) is 19.6 Å². The predicted molar refractivity (Wildman–Crippen MR) is 132 cm³/mol. The van der Waals surface area contributed by atoms with Crippen molar-refractivity contribution in [1.82, 2.24) is 10.4 Å². The van der Waals surface area contributed by atoms with Crippen molar-refractivity contribution in [3.8, 4) is 12.3 Å². The summed E-state index contributed by atoms with van der Waals surface area (Å²) in [5, 5.41) is 19.6. The van der Waals surface area contributed by atoms with E-state index in [1.807, 2.05) is 27.7 Å². The van der Waals surface area contributed by atoms with E-state index < -0.39 is 13.0 Å². The van der Waals surface area contributed by atoms with Crippen LogP contribution in [-0.4, -0.2) is 40.5 Å². The van der Waals surface area contributed by atoms with Gasteiger partial charge in [0.15, 0.2) is 0 Å². The first-order valence-corrected chi connectivity index (χ1v) is 10.8. The number of carbonyl (C=O) groups excluding carboxylic acids is 2. The second-order valence-corrected chi connectivity index (χ2v) is 8.64. The van der Waals surface area contributed by atoms with Crippen molar-refractivity contribution in [3.63, 3.8) is 0 Å². The van der Waals surface area contributed by atoms with Crippen molar-refractivity contribution >= 4 is 24.4 Å². The lowest BCUT2D eigenvalue weighted by atomic mass is 9.80. The molecule has 0 atom stereocenters. The minimum atomic E-state index is -1.61. The fourth-order valence-electron chi connectivity index (χ4n) is 2.49. The van der Waals surface area contributed by atoms with Crippen LogP contribution in [0.2, 0.25) is 0 Å². The number of nitrogens with zero attached hydrogens (tertiary/aromatic N) is 1. The minimum Gasteiger partial charge on any atom is -0.423 e. The third kappa shape index (κ3) is 11.0. The van der Waals surface area contributed by atoms with Crippen LogP contribution >= 0.6 is 0 Å². The Morgan fingerprint density at radius 3 is 2.09 bits per heavy atom. The van der Waals surface area contributed by atoms with Gasteiger partial charge in [0.1, 0.15) is 0 Å². The van der Waals surface area contributed by atoms with Crippen LogP contribution in [0.1, 0.15) is 71.7 Å². The number of nitrogens with one attached hydrogen (secondary N) is 1. The van der Waals surface area contributed by atoms with E-state index in [2.05, 4.69) is 25.2 Å². The van der Waals surface area contributed by atoms with E-state index in [4.69, 9.17) is 6.42 Å². The molecule has 3 N–H and O–H groups in total. The van der Waals surface area contributed by atoms with Gasteiger partial charge in [-0.3, -0.25) is 15.0 Å². The zero-order valence-electron chi connectivity index (χ0n) is 20.4. The lowest BCUT2D eigenvalue weighted by molar-refractivity contribution is -0.130. The number of allylic oxidation sites excluding steroid dienone is 2.